The fourth-order valence-corrected chi connectivity index (χ4v) is 1.77. The first kappa shape index (κ1) is 13.2. The topological polar surface area (TPSA) is 68.0 Å². The van der Waals surface area contributed by atoms with Gasteiger partial charge in [0.2, 0.25) is 5.91 Å². The molecule has 1 amide bonds. The van der Waals surface area contributed by atoms with Crippen molar-refractivity contribution in [3.05, 3.63) is 60.4 Å². The van der Waals surface area contributed by atoms with Crippen molar-refractivity contribution >= 4 is 11.6 Å². The second-order valence-corrected chi connectivity index (χ2v) is 4.36. The number of nitrogens with zero attached hydrogens (tertiary/aromatic N) is 1. The van der Waals surface area contributed by atoms with Crippen molar-refractivity contribution in [3.8, 4) is 0 Å². The molecule has 0 aliphatic heterocycles. The van der Waals surface area contributed by atoms with Crippen molar-refractivity contribution in [2.45, 2.75) is 18.9 Å². The molecule has 98 valence electrons. The lowest BCUT2D eigenvalue weighted by molar-refractivity contribution is -0.117. The first-order chi connectivity index (χ1) is 9.25. The van der Waals surface area contributed by atoms with Gasteiger partial charge in [-0.05, 0) is 30.5 Å². The second kappa shape index (κ2) is 6.66. The number of nitrogens with one attached hydrogen (secondary N) is 1. The smallest absolute Gasteiger partial charge is 0.241 e. The van der Waals surface area contributed by atoms with Gasteiger partial charge in [0.25, 0.3) is 0 Å². The summed E-state index contributed by atoms with van der Waals surface area (Å²) in [5, 5.41) is 2.75. The highest BCUT2D eigenvalue weighted by atomic mass is 16.2. The van der Waals surface area contributed by atoms with Gasteiger partial charge in [0.1, 0.15) is 0 Å². The molecule has 3 N–H and O–H groups in total. The van der Waals surface area contributed by atoms with Crippen LogP contribution in [-0.2, 0) is 11.2 Å². The summed E-state index contributed by atoms with van der Waals surface area (Å²) in [4.78, 5) is 15.8. The molecule has 0 bridgehead atoms. The number of hydrogen-bond acceptors (Lipinski definition) is 3. The van der Waals surface area contributed by atoms with Gasteiger partial charge in [-0.25, -0.2) is 0 Å². The van der Waals surface area contributed by atoms with Crippen LogP contribution in [0.1, 0.15) is 12.0 Å². The molecule has 1 heterocycles. The van der Waals surface area contributed by atoms with Gasteiger partial charge in [-0.2, -0.15) is 0 Å². The lowest BCUT2D eigenvalue weighted by Crippen LogP contribution is -2.36. The summed E-state index contributed by atoms with van der Waals surface area (Å²) in [7, 11) is 0. The summed E-state index contributed by atoms with van der Waals surface area (Å²) in [5.74, 6) is -0.177. The van der Waals surface area contributed by atoms with Crippen LogP contribution >= 0.6 is 0 Å². The van der Waals surface area contributed by atoms with Crippen LogP contribution in [0.4, 0.5) is 5.69 Å². The molecule has 0 radical (unpaired) electrons. The van der Waals surface area contributed by atoms with Crippen molar-refractivity contribution in [1.29, 1.82) is 0 Å². The number of rotatable bonds is 5. The normalized spacial score (nSPS) is 11.8. The number of pyridine rings is 1. The summed E-state index contributed by atoms with van der Waals surface area (Å²) in [6.07, 6.45) is 4.67. The van der Waals surface area contributed by atoms with E-state index in [4.69, 9.17) is 5.73 Å². The molecule has 1 atom stereocenters. The molecule has 0 saturated carbocycles. The third kappa shape index (κ3) is 4.19. The summed E-state index contributed by atoms with van der Waals surface area (Å²) in [6, 6.07) is 13.0. The maximum atomic E-state index is 11.9. The molecular weight excluding hydrogens is 238 g/mol. The third-order valence-corrected chi connectivity index (χ3v) is 2.85. The molecule has 4 heteroatoms. The van der Waals surface area contributed by atoms with Crippen LogP contribution in [0.25, 0.3) is 0 Å². The van der Waals surface area contributed by atoms with Crippen LogP contribution in [0, 0.1) is 0 Å². The summed E-state index contributed by atoms with van der Waals surface area (Å²) in [6.45, 7) is 0. The van der Waals surface area contributed by atoms with Crippen LogP contribution in [0.5, 0.6) is 0 Å². The number of benzene rings is 1. The molecule has 0 aliphatic carbocycles. The van der Waals surface area contributed by atoms with E-state index in [-0.39, 0.29) is 5.91 Å². The number of hydrogen-bond donors (Lipinski definition) is 2. The Morgan fingerprint density at radius 1 is 1.21 bits per heavy atom. The van der Waals surface area contributed by atoms with E-state index in [1.165, 1.54) is 5.56 Å². The Morgan fingerprint density at radius 3 is 2.68 bits per heavy atom. The zero-order valence-corrected chi connectivity index (χ0v) is 10.6. The summed E-state index contributed by atoms with van der Waals surface area (Å²) in [5.41, 5.74) is 7.74. The lowest BCUT2D eigenvalue weighted by atomic mass is 10.1. The van der Waals surface area contributed by atoms with Gasteiger partial charge in [-0.15, -0.1) is 0 Å². The number of anilines is 1. The van der Waals surface area contributed by atoms with E-state index in [9.17, 15) is 4.79 Å². The first-order valence-corrected chi connectivity index (χ1v) is 6.26. The molecule has 19 heavy (non-hydrogen) atoms. The summed E-state index contributed by atoms with van der Waals surface area (Å²) >= 11 is 0. The van der Waals surface area contributed by atoms with Crippen LogP contribution < -0.4 is 11.1 Å². The summed E-state index contributed by atoms with van der Waals surface area (Å²) < 4.78 is 0. The minimum absolute atomic E-state index is 0.177. The Balaban J connectivity index is 1.83. The van der Waals surface area contributed by atoms with Crippen LogP contribution in [0.3, 0.4) is 0 Å². The van der Waals surface area contributed by atoms with E-state index < -0.39 is 6.04 Å². The van der Waals surface area contributed by atoms with Gasteiger partial charge >= 0.3 is 0 Å². The minimum atomic E-state index is -0.514. The average Bonchev–Trinajstić information content (AvgIpc) is 2.47. The van der Waals surface area contributed by atoms with Crippen LogP contribution in [0.2, 0.25) is 0 Å². The largest absolute Gasteiger partial charge is 0.323 e. The SMILES string of the molecule is N[C@@H](CCc1ccccc1)C(=O)Nc1cccnc1. The van der Waals surface area contributed by atoms with E-state index in [1.54, 1.807) is 24.5 Å². The zero-order chi connectivity index (χ0) is 13.5. The molecular formula is C15H17N3O. The van der Waals surface area contributed by atoms with Gasteiger partial charge in [-0.1, -0.05) is 30.3 Å². The molecule has 0 unspecified atom stereocenters. The predicted molar refractivity (Wildman–Crippen MR) is 75.6 cm³/mol. The van der Waals surface area contributed by atoms with Crippen LogP contribution in [0.15, 0.2) is 54.9 Å². The average molecular weight is 255 g/mol. The highest BCUT2D eigenvalue weighted by molar-refractivity contribution is 5.94. The molecule has 2 aromatic rings. The maximum absolute atomic E-state index is 11.9. The maximum Gasteiger partial charge on any atom is 0.241 e. The second-order valence-electron chi connectivity index (χ2n) is 4.36. The highest BCUT2D eigenvalue weighted by Crippen LogP contribution is 2.07. The number of aryl methyl sites for hydroxylation is 1. The molecule has 0 saturated heterocycles. The van der Waals surface area contributed by atoms with Gasteiger partial charge in [0.05, 0.1) is 17.9 Å². The Labute approximate surface area is 112 Å². The van der Waals surface area contributed by atoms with Gasteiger partial charge < -0.3 is 11.1 Å². The number of amides is 1. The fraction of sp³-hybridized carbons (Fsp3) is 0.200. The first-order valence-electron chi connectivity index (χ1n) is 6.26. The molecule has 2 rings (SSSR count). The van der Waals surface area contributed by atoms with Crippen molar-refractivity contribution in [1.82, 2.24) is 4.98 Å². The number of aromatic nitrogens is 1. The molecule has 0 aliphatic rings. The van der Waals surface area contributed by atoms with Crippen molar-refractivity contribution in [2.75, 3.05) is 5.32 Å². The third-order valence-electron chi connectivity index (χ3n) is 2.85. The Bertz CT molecular complexity index is 513. The standard InChI is InChI=1S/C15H17N3O/c16-14(9-8-12-5-2-1-3-6-12)15(19)18-13-7-4-10-17-11-13/h1-7,10-11,14H,8-9,16H2,(H,18,19)/t14-/m0/s1. The molecule has 1 aromatic heterocycles. The monoisotopic (exact) mass is 255 g/mol. The van der Waals surface area contributed by atoms with Crippen LogP contribution in [-0.4, -0.2) is 16.9 Å². The van der Waals surface area contributed by atoms with Crippen molar-refractivity contribution in [2.24, 2.45) is 5.73 Å². The van der Waals surface area contributed by atoms with E-state index in [0.29, 0.717) is 12.1 Å². The number of nitrogens with two attached hydrogens (primary N) is 1. The number of carbonyl (C=O) groups excluding carboxylic acids is 1. The van der Waals surface area contributed by atoms with Gasteiger partial charge in [0.15, 0.2) is 0 Å². The van der Waals surface area contributed by atoms with Crippen molar-refractivity contribution in [3.63, 3.8) is 0 Å². The Hall–Kier alpha value is -2.20. The highest BCUT2D eigenvalue weighted by Gasteiger charge is 2.13. The predicted octanol–water partition coefficient (Wildman–Crippen LogP) is 1.98. The fourth-order valence-electron chi connectivity index (χ4n) is 1.77. The molecule has 4 nitrogen and oxygen atoms in total. The van der Waals surface area contributed by atoms with E-state index in [0.717, 1.165) is 6.42 Å². The van der Waals surface area contributed by atoms with E-state index in [2.05, 4.69) is 10.3 Å². The quantitative estimate of drug-likeness (QED) is 0.858. The minimum Gasteiger partial charge on any atom is -0.323 e. The van der Waals surface area contributed by atoms with E-state index >= 15 is 0 Å². The Morgan fingerprint density at radius 2 is 2.00 bits per heavy atom. The zero-order valence-electron chi connectivity index (χ0n) is 10.6. The lowest BCUT2D eigenvalue weighted by Gasteiger charge is -2.11. The molecule has 0 spiro atoms. The molecule has 0 fully saturated rings. The number of carbonyl (C=O) groups is 1. The Kier molecular flexibility index (Phi) is 4.64. The van der Waals surface area contributed by atoms with Crippen molar-refractivity contribution < 1.29 is 4.79 Å². The molecule has 1 aromatic carbocycles. The van der Waals surface area contributed by atoms with Gasteiger partial charge in [0, 0.05) is 6.20 Å². The van der Waals surface area contributed by atoms with E-state index in [1.807, 2.05) is 30.3 Å². The van der Waals surface area contributed by atoms with Gasteiger partial charge in [-0.3, -0.25) is 9.78 Å².